The maximum Gasteiger partial charge on any atom is 0.244 e. The lowest BCUT2D eigenvalue weighted by molar-refractivity contribution is -0.119. The van der Waals surface area contributed by atoms with Crippen LogP contribution < -0.4 is 14.8 Å². The van der Waals surface area contributed by atoms with Crippen LogP contribution in [0.3, 0.4) is 0 Å². The molecule has 1 fully saturated rings. The summed E-state index contributed by atoms with van der Waals surface area (Å²) in [6.45, 7) is 8.69. The highest BCUT2D eigenvalue weighted by Crippen LogP contribution is 2.45. The maximum absolute atomic E-state index is 13.1. The largest absolute Gasteiger partial charge is 0.493 e. The summed E-state index contributed by atoms with van der Waals surface area (Å²) in [4.78, 5) is 18.0. The van der Waals surface area contributed by atoms with E-state index in [1.165, 1.54) is 0 Å². The van der Waals surface area contributed by atoms with Crippen LogP contribution in [0.2, 0.25) is 0 Å². The molecular weight excluding hydrogens is 504 g/mol. The van der Waals surface area contributed by atoms with Gasteiger partial charge >= 0.3 is 0 Å². The third-order valence-electron chi connectivity index (χ3n) is 8.13. The summed E-state index contributed by atoms with van der Waals surface area (Å²) < 4.78 is 19.3. The lowest BCUT2D eigenvalue weighted by atomic mass is 9.86. The third kappa shape index (κ3) is 5.06. The minimum Gasteiger partial charge on any atom is -0.493 e. The molecule has 5 rings (SSSR count). The number of hydrogen-bond acceptors (Lipinski definition) is 6. The molecule has 2 aliphatic rings. The molecule has 0 spiro atoms. The Morgan fingerprint density at radius 2 is 2.05 bits per heavy atom. The first-order valence-corrected chi connectivity index (χ1v) is 14.0. The van der Waals surface area contributed by atoms with E-state index in [0.717, 1.165) is 71.3 Å². The van der Waals surface area contributed by atoms with Gasteiger partial charge in [-0.15, -0.1) is 0 Å². The number of nitrogens with one attached hydrogen (secondary N) is 1. The SMILES string of the molecule is COc1ccc2c(c1OC)CCCC2n1c(C=CC(=O)NC2CCOC(C)(C)C2)c(C#N)c2c(C)cc(C)nc21. The molecule has 0 bridgehead atoms. The minimum absolute atomic E-state index is 0.0430. The van der Waals surface area contributed by atoms with Gasteiger partial charge in [0.1, 0.15) is 11.7 Å². The molecule has 1 aliphatic carbocycles. The third-order valence-corrected chi connectivity index (χ3v) is 8.13. The molecule has 2 aromatic heterocycles. The Morgan fingerprint density at radius 1 is 1.25 bits per heavy atom. The van der Waals surface area contributed by atoms with Crippen LogP contribution in [0.5, 0.6) is 11.5 Å². The Kier molecular flexibility index (Phi) is 7.61. The van der Waals surface area contributed by atoms with Gasteiger partial charge in [0.25, 0.3) is 0 Å². The van der Waals surface area contributed by atoms with Gasteiger partial charge < -0.3 is 24.1 Å². The number of rotatable bonds is 6. The molecule has 1 amide bonds. The molecule has 2 atom stereocenters. The first-order chi connectivity index (χ1) is 19.2. The highest BCUT2D eigenvalue weighted by Gasteiger charge is 2.32. The van der Waals surface area contributed by atoms with Gasteiger partial charge in [-0.05, 0) is 89.1 Å². The number of fused-ring (bicyclic) bond motifs is 2. The van der Waals surface area contributed by atoms with E-state index in [0.29, 0.717) is 23.6 Å². The van der Waals surface area contributed by atoms with Crippen LogP contribution in [-0.4, -0.2) is 47.9 Å². The van der Waals surface area contributed by atoms with Gasteiger partial charge in [0.05, 0.1) is 37.1 Å². The first-order valence-electron chi connectivity index (χ1n) is 14.0. The number of ether oxygens (including phenoxy) is 3. The lowest BCUT2D eigenvalue weighted by Gasteiger charge is -2.35. The average molecular weight is 543 g/mol. The molecule has 1 N–H and O–H groups in total. The molecule has 210 valence electrons. The molecule has 40 heavy (non-hydrogen) atoms. The van der Waals surface area contributed by atoms with E-state index in [1.807, 2.05) is 39.8 Å². The Hall–Kier alpha value is -3.83. The highest BCUT2D eigenvalue weighted by atomic mass is 16.5. The topological polar surface area (TPSA) is 98.4 Å². The molecule has 1 aromatic carbocycles. The fourth-order valence-electron chi connectivity index (χ4n) is 6.49. The number of methoxy groups -OCH3 is 2. The van der Waals surface area contributed by atoms with Crippen molar-refractivity contribution in [2.24, 2.45) is 0 Å². The number of nitrogens with zero attached hydrogens (tertiary/aromatic N) is 3. The number of benzene rings is 1. The Labute approximate surface area is 235 Å². The Morgan fingerprint density at radius 3 is 2.75 bits per heavy atom. The normalized spacial score (nSPS) is 20.2. The predicted octanol–water partition coefficient (Wildman–Crippen LogP) is 5.55. The van der Waals surface area contributed by atoms with Crippen molar-refractivity contribution in [2.75, 3.05) is 20.8 Å². The zero-order chi connectivity index (χ0) is 28.6. The number of carbonyl (C=O) groups excluding carboxylic acids is 1. The smallest absolute Gasteiger partial charge is 0.244 e. The van der Waals surface area contributed by atoms with Gasteiger partial charge in [0.2, 0.25) is 5.91 Å². The molecule has 0 saturated carbocycles. The number of pyridine rings is 1. The zero-order valence-electron chi connectivity index (χ0n) is 24.3. The minimum atomic E-state index is -0.264. The van der Waals surface area contributed by atoms with Crippen molar-refractivity contribution in [2.45, 2.75) is 77.5 Å². The number of amides is 1. The van der Waals surface area contributed by atoms with Crippen LogP contribution in [0.4, 0.5) is 0 Å². The second-order valence-corrected chi connectivity index (χ2v) is 11.4. The van der Waals surface area contributed by atoms with Crippen LogP contribution in [0, 0.1) is 25.2 Å². The summed E-state index contributed by atoms with van der Waals surface area (Å²) in [7, 11) is 3.31. The van der Waals surface area contributed by atoms with Crippen LogP contribution in [0.25, 0.3) is 17.1 Å². The van der Waals surface area contributed by atoms with E-state index < -0.39 is 0 Å². The van der Waals surface area contributed by atoms with Crippen molar-refractivity contribution in [3.8, 4) is 17.6 Å². The standard InChI is InChI=1S/C32H38N4O4/c1-19-16-20(2)34-31-29(19)24(18-33)26(11-13-28(37)35-21-14-15-40-32(3,4)17-21)36(31)25-9-7-8-23-22(25)10-12-27(38-5)30(23)39-6/h10-13,16,21,25H,7-9,14-15,17H2,1-6H3,(H,35,37). The van der Waals surface area contributed by atoms with E-state index in [1.54, 1.807) is 26.4 Å². The van der Waals surface area contributed by atoms with Gasteiger partial charge in [-0.1, -0.05) is 6.07 Å². The van der Waals surface area contributed by atoms with E-state index in [9.17, 15) is 10.1 Å². The second kappa shape index (κ2) is 11.0. The van der Waals surface area contributed by atoms with Gasteiger partial charge in [-0.3, -0.25) is 4.79 Å². The molecule has 8 nitrogen and oxygen atoms in total. The van der Waals surface area contributed by atoms with E-state index in [2.05, 4.69) is 22.0 Å². The molecule has 2 unspecified atom stereocenters. The molecule has 8 heteroatoms. The number of aryl methyl sites for hydroxylation is 2. The highest BCUT2D eigenvalue weighted by molar-refractivity contribution is 5.96. The van der Waals surface area contributed by atoms with Crippen molar-refractivity contribution in [1.82, 2.24) is 14.9 Å². The first kappa shape index (κ1) is 27.7. The fourth-order valence-corrected chi connectivity index (χ4v) is 6.49. The summed E-state index contributed by atoms with van der Waals surface area (Å²) in [6, 6.07) is 8.43. The number of nitriles is 1. The van der Waals surface area contributed by atoms with Gasteiger partial charge in [0.15, 0.2) is 11.5 Å². The van der Waals surface area contributed by atoms with Crippen LogP contribution in [0.1, 0.15) is 79.2 Å². The molecule has 0 radical (unpaired) electrons. The lowest BCUT2D eigenvalue weighted by Crippen LogP contribution is -2.45. The molecule has 1 aliphatic heterocycles. The number of carbonyl (C=O) groups is 1. The number of hydrogen-bond donors (Lipinski definition) is 1. The van der Waals surface area contributed by atoms with Crippen molar-refractivity contribution in [3.05, 3.63) is 57.9 Å². The van der Waals surface area contributed by atoms with Crippen LogP contribution in [-0.2, 0) is 16.0 Å². The molecule has 3 heterocycles. The van der Waals surface area contributed by atoms with Crippen LogP contribution in [0.15, 0.2) is 24.3 Å². The molecule has 1 saturated heterocycles. The van der Waals surface area contributed by atoms with Crippen molar-refractivity contribution < 1.29 is 19.0 Å². The Balaban J connectivity index is 1.63. The van der Waals surface area contributed by atoms with E-state index in [-0.39, 0.29) is 23.6 Å². The molecular formula is C32H38N4O4. The summed E-state index contributed by atoms with van der Waals surface area (Å²) in [5.74, 6) is 1.27. The quantitative estimate of drug-likeness (QED) is 0.410. The van der Waals surface area contributed by atoms with E-state index >= 15 is 0 Å². The zero-order valence-corrected chi connectivity index (χ0v) is 24.3. The monoisotopic (exact) mass is 542 g/mol. The van der Waals surface area contributed by atoms with Crippen molar-refractivity contribution in [1.29, 1.82) is 5.26 Å². The maximum atomic E-state index is 13.1. The van der Waals surface area contributed by atoms with Gasteiger partial charge in [-0.2, -0.15) is 5.26 Å². The predicted molar refractivity (Wildman–Crippen MR) is 155 cm³/mol. The van der Waals surface area contributed by atoms with Gasteiger partial charge in [0, 0.05) is 35.4 Å². The van der Waals surface area contributed by atoms with Gasteiger partial charge in [-0.25, -0.2) is 4.98 Å². The fraction of sp³-hybridized carbons (Fsp3) is 0.469. The van der Waals surface area contributed by atoms with Crippen molar-refractivity contribution >= 4 is 23.0 Å². The summed E-state index contributed by atoms with van der Waals surface area (Å²) >= 11 is 0. The average Bonchev–Trinajstić information content (AvgIpc) is 3.23. The second-order valence-electron chi connectivity index (χ2n) is 11.4. The molecule has 3 aromatic rings. The van der Waals surface area contributed by atoms with Crippen molar-refractivity contribution in [3.63, 3.8) is 0 Å². The number of aromatic nitrogens is 2. The summed E-state index contributed by atoms with van der Waals surface area (Å²) in [5.41, 5.74) is 5.81. The van der Waals surface area contributed by atoms with E-state index in [4.69, 9.17) is 19.2 Å². The summed E-state index contributed by atoms with van der Waals surface area (Å²) in [5, 5.41) is 14.3. The Bertz CT molecular complexity index is 1530. The van der Waals surface area contributed by atoms with Crippen LogP contribution >= 0.6 is 0 Å². The summed E-state index contributed by atoms with van der Waals surface area (Å²) in [6.07, 6.45) is 7.55.